The summed E-state index contributed by atoms with van der Waals surface area (Å²) >= 11 is 0. The van der Waals surface area contributed by atoms with Gasteiger partial charge in [-0.3, -0.25) is 9.59 Å². The van der Waals surface area contributed by atoms with Crippen LogP contribution in [-0.4, -0.2) is 29.3 Å². The third-order valence-corrected chi connectivity index (χ3v) is 7.39. The highest BCUT2D eigenvalue weighted by atomic mass is 16.5. The average molecular weight is 481 g/mol. The fourth-order valence-electron chi connectivity index (χ4n) is 5.52. The van der Waals surface area contributed by atoms with Crippen molar-refractivity contribution >= 4 is 11.9 Å². The van der Waals surface area contributed by atoms with Gasteiger partial charge in [-0.15, -0.1) is 0 Å². The van der Waals surface area contributed by atoms with Crippen molar-refractivity contribution in [3.63, 3.8) is 0 Å². The van der Waals surface area contributed by atoms with Crippen LogP contribution in [0, 0.1) is 11.8 Å². The van der Waals surface area contributed by atoms with Crippen molar-refractivity contribution < 1.29 is 28.9 Å². The number of carbonyl (C=O) groups excluding carboxylic acids is 1. The molecule has 0 saturated heterocycles. The van der Waals surface area contributed by atoms with Crippen molar-refractivity contribution in [3.05, 3.63) is 53.6 Å². The van der Waals surface area contributed by atoms with E-state index in [2.05, 4.69) is 24.3 Å². The van der Waals surface area contributed by atoms with Gasteiger partial charge in [0.2, 0.25) is 0 Å². The van der Waals surface area contributed by atoms with Crippen LogP contribution in [0.5, 0.6) is 17.2 Å². The zero-order valence-electron chi connectivity index (χ0n) is 20.9. The molecule has 1 heterocycles. The largest absolute Gasteiger partial charge is 0.490 e. The van der Waals surface area contributed by atoms with Gasteiger partial charge in [0.1, 0.15) is 17.2 Å². The van der Waals surface area contributed by atoms with E-state index < -0.39 is 11.9 Å². The van der Waals surface area contributed by atoms with Gasteiger partial charge in [0.05, 0.1) is 18.1 Å². The van der Waals surface area contributed by atoms with Crippen molar-refractivity contribution in [1.29, 1.82) is 0 Å². The number of rotatable bonds is 9. The molecule has 4 rings (SSSR count). The van der Waals surface area contributed by atoms with Crippen LogP contribution in [0.1, 0.15) is 76.3 Å². The predicted octanol–water partition coefficient (Wildman–Crippen LogP) is 6.16. The first-order valence-electron chi connectivity index (χ1n) is 12.8. The van der Waals surface area contributed by atoms with Crippen LogP contribution in [0.25, 0.3) is 0 Å². The van der Waals surface area contributed by atoms with Gasteiger partial charge in [-0.05, 0) is 63.9 Å². The Morgan fingerprint density at radius 2 is 1.94 bits per heavy atom. The Hall–Kier alpha value is -3.02. The molecule has 0 spiro atoms. The number of benzene rings is 2. The molecule has 5 atom stereocenters. The first kappa shape index (κ1) is 25.1. The van der Waals surface area contributed by atoms with Gasteiger partial charge in [-0.25, -0.2) is 0 Å². The number of ether oxygens (including phenoxy) is 3. The summed E-state index contributed by atoms with van der Waals surface area (Å²) in [5.41, 5.74) is 2.12. The maximum absolute atomic E-state index is 12.3. The molecule has 0 amide bonds. The van der Waals surface area contributed by atoms with Gasteiger partial charge in [0, 0.05) is 30.0 Å². The van der Waals surface area contributed by atoms with Crippen LogP contribution >= 0.6 is 0 Å². The lowest BCUT2D eigenvalue weighted by molar-refractivity contribution is -0.144. The average Bonchev–Trinajstić information content (AvgIpc) is 2.84. The third kappa shape index (κ3) is 5.98. The highest BCUT2D eigenvalue weighted by Crippen LogP contribution is 2.53. The molecule has 1 aliphatic carbocycles. The van der Waals surface area contributed by atoms with E-state index in [4.69, 9.17) is 14.2 Å². The van der Waals surface area contributed by atoms with Crippen molar-refractivity contribution in [2.24, 2.45) is 11.8 Å². The molecule has 1 N–H and O–H groups in total. The summed E-state index contributed by atoms with van der Waals surface area (Å²) in [6.45, 7) is 5.84. The van der Waals surface area contributed by atoms with Gasteiger partial charge in [-0.1, -0.05) is 37.3 Å². The Morgan fingerprint density at radius 3 is 2.66 bits per heavy atom. The smallest absolute Gasteiger partial charge is 0.310 e. The topological polar surface area (TPSA) is 82.1 Å². The Labute approximate surface area is 207 Å². The summed E-state index contributed by atoms with van der Waals surface area (Å²) in [7, 11) is 0. The van der Waals surface area contributed by atoms with Crippen molar-refractivity contribution in [2.45, 2.75) is 83.8 Å². The van der Waals surface area contributed by atoms with Gasteiger partial charge >= 0.3 is 11.9 Å². The van der Waals surface area contributed by atoms with E-state index in [0.29, 0.717) is 30.1 Å². The molecule has 0 aromatic heterocycles. The lowest BCUT2D eigenvalue weighted by atomic mass is 9.67. The molecule has 1 fully saturated rings. The second kappa shape index (κ2) is 11.1. The number of carboxylic acids is 1. The molecular formula is C29H36O6. The van der Waals surface area contributed by atoms with Gasteiger partial charge in [0.15, 0.2) is 0 Å². The fraction of sp³-hybridized carbons (Fsp3) is 0.517. The number of hydrogen-bond acceptors (Lipinski definition) is 5. The fourth-order valence-corrected chi connectivity index (χ4v) is 5.52. The molecule has 0 radical (unpaired) electrons. The molecule has 6 heteroatoms. The van der Waals surface area contributed by atoms with Crippen LogP contribution in [0.15, 0.2) is 42.5 Å². The monoisotopic (exact) mass is 480 g/mol. The molecule has 188 valence electrons. The van der Waals surface area contributed by atoms with Crippen LogP contribution in [-0.2, 0) is 16.0 Å². The summed E-state index contributed by atoms with van der Waals surface area (Å²) in [5.74, 6) is 0.352. The SMILES string of the molecule is CCC(=O)Oc1cc(O[C@H](C)CCCc2ccccc2)cc2c1[C@@H]1C[C@H](C(=O)O)CC[C@H]1[C@H](C)O2. The van der Waals surface area contributed by atoms with Crippen LogP contribution in [0.4, 0.5) is 0 Å². The van der Waals surface area contributed by atoms with E-state index in [9.17, 15) is 14.7 Å². The first-order valence-corrected chi connectivity index (χ1v) is 12.8. The number of fused-ring (bicyclic) bond motifs is 3. The van der Waals surface area contributed by atoms with Crippen LogP contribution < -0.4 is 14.2 Å². The maximum atomic E-state index is 12.3. The molecule has 1 saturated carbocycles. The normalized spacial score (nSPS) is 23.9. The van der Waals surface area contributed by atoms with Crippen molar-refractivity contribution in [2.75, 3.05) is 0 Å². The minimum Gasteiger partial charge on any atom is -0.490 e. The van der Waals surface area contributed by atoms with E-state index in [0.717, 1.165) is 31.2 Å². The second-order valence-corrected chi connectivity index (χ2v) is 9.91. The first-order chi connectivity index (χ1) is 16.9. The highest BCUT2D eigenvalue weighted by molar-refractivity contribution is 5.74. The second-order valence-electron chi connectivity index (χ2n) is 9.91. The molecule has 2 aliphatic rings. The van der Waals surface area contributed by atoms with E-state index >= 15 is 0 Å². The molecule has 2 aromatic carbocycles. The van der Waals surface area contributed by atoms with Gasteiger partial charge < -0.3 is 19.3 Å². The minimum atomic E-state index is -0.763. The van der Waals surface area contributed by atoms with Crippen molar-refractivity contribution in [1.82, 2.24) is 0 Å². The molecule has 0 unspecified atom stereocenters. The highest BCUT2D eigenvalue weighted by Gasteiger charge is 2.44. The quantitative estimate of drug-likeness (QED) is 0.342. The lowest BCUT2D eigenvalue weighted by Crippen LogP contribution is -2.39. The number of carbonyl (C=O) groups is 2. The summed E-state index contributed by atoms with van der Waals surface area (Å²) in [4.78, 5) is 24.0. The molecule has 1 aliphatic heterocycles. The zero-order valence-corrected chi connectivity index (χ0v) is 20.9. The third-order valence-electron chi connectivity index (χ3n) is 7.39. The Kier molecular flexibility index (Phi) is 7.99. The summed E-state index contributed by atoms with van der Waals surface area (Å²) in [5, 5.41) is 9.65. The maximum Gasteiger partial charge on any atom is 0.310 e. The van der Waals surface area contributed by atoms with Crippen molar-refractivity contribution in [3.8, 4) is 17.2 Å². The van der Waals surface area contributed by atoms with Crippen LogP contribution in [0.3, 0.4) is 0 Å². The Bertz CT molecular complexity index is 1030. The number of aliphatic carboxylic acids is 1. The Balaban J connectivity index is 1.55. The van der Waals surface area contributed by atoms with E-state index in [1.807, 2.05) is 26.0 Å². The van der Waals surface area contributed by atoms with E-state index in [1.54, 1.807) is 13.0 Å². The number of hydrogen-bond donors (Lipinski definition) is 1. The molecular weight excluding hydrogens is 444 g/mol. The standard InChI is InChI=1S/C29H36O6/c1-4-27(30)35-26-17-22(33-18(2)9-8-12-20-10-6-5-7-11-20)16-25-28(26)24-15-21(29(31)32)13-14-23(24)19(3)34-25/h5-7,10-11,16-19,21,23-24H,4,8-9,12-15H2,1-3H3,(H,31,32)/t18-,19+,21-,23+,24-/m1/s1. The molecule has 0 bridgehead atoms. The van der Waals surface area contributed by atoms with Gasteiger partial charge in [0.25, 0.3) is 0 Å². The molecule has 6 nitrogen and oxygen atoms in total. The minimum absolute atomic E-state index is 0.0219. The van der Waals surface area contributed by atoms with E-state index in [1.165, 1.54) is 5.56 Å². The summed E-state index contributed by atoms with van der Waals surface area (Å²) in [6, 6.07) is 14.1. The number of aryl methyl sites for hydroxylation is 1. The number of carboxylic acid groups (broad SMARTS) is 1. The Morgan fingerprint density at radius 1 is 1.17 bits per heavy atom. The predicted molar refractivity (Wildman–Crippen MR) is 133 cm³/mol. The summed E-state index contributed by atoms with van der Waals surface area (Å²) in [6.07, 6.45) is 5.01. The number of esters is 1. The van der Waals surface area contributed by atoms with Gasteiger partial charge in [-0.2, -0.15) is 0 Å². The molecule has 2 aromatic rings. The van der Waals surface area contributed by atoms with E-state index in [-0.39, 0.29) is 36.4 Å². The lowest BCUT2D eigenvalue weighted by Gasteiger charge is -2.43. The molecule has 35 heavy (non-hydrogen) atoms. The van der Waals surface area contributed by atoms with Crippen LogP contribution in [0.2, 0.25) is 0 Å². The zero-order chi connectivity index (χ0) is 24.9. The summed E-state index contributed by atoms with van der Waals surface area (Å²) < 4.78 is 18.3.